The number of hydrogen-bond acceptors (Lipinski definition) is 4. The molecule has 0 bridgehead atoms. The van der Waals surface area contributed by atoms with Crippen molar-refractivity contribution in [3.05, 3.63) is 30.3 Å². The minimum absolute atomic E-state index is 0.861. The van der Waals surface area contributed by atoms with Gasteiger partial charge in [-0.3, -0.25) is 0 Å². The first-order valence-corrected chi connectivity index (χ1v) is 6.37. The summed E-state index contributed by atoms with van der Waals surface area (Å²) in [5.41, 5.74) is 1.01. The Kier molecular flexibility index (Phi) is 3.93. The molecule has 1 heterocycles. The van der Waals surface area contributed by atoms with Crippen molar-refractivity contribution in [3.8, 4) is 5.69 Å². The summed E-state index contributed by atoms with van der Waals surface area (Å²) in [5, 5.41) is 12.6. The van der Waals surface area contributed by atoms with Gasteiger partial charge in [-0.1, -0.05) is 43.3 Å². The van der Waals surface area contributed by atoms with Crippen LogP contribution in [0.1, 0.15) is 19.8 Å². The molecule has 16 heavy (non-hydrogen) atoms. The van der Waals surface area contributed by atoms with E-state index < -0.39 is 0 Å². The number of thioether (sulfide) groups is 1. The van der Waals surface area contributed by atoms with Gasteiger partial charge in [0.15, 0.2) is 0 Å². The lowest BCUT2D eigenvalue weighted by Crippen LogP contribution is -1.98. The summed E-state index contributed by atoms with van der Waals surface area (Å²) in [6, 6.07) is 9.95. The molecule has 0 saturated carbocycles. The van der Waals surface area contributed by atoms with Crippen molar-refractivity contribution >= 4 is 11.8 Å². The van der Waals surface area contributed by atoms with Crippen LogP contribution in [-0.2, 0) is 0 Å². The number of unbranched alkanes of at least 4 members (excludes halogenated alkanes) is 1. The van der Waals surface area contributed by atoms with Crippen molar-refractivity contribution in [2.75, 3.05) is 5.75 Å². The maximum Gasteiger partial charge on any atom is 0.214 e. The van der Waals surface area contributed by atoms with Crippen LogP contribution in [0.2, 0.25) is 0 Å². The summed E-state index contributed by atoms with van der Waals surface area (Å²) in [6.45, 7) is 2.18. The topological polar surface area (TPSA) is 43.6 Å². The van der Waals surface area contributed by atoms with E-state index in [9.17, 15) is 0 Å². The molecule has 0 aliphatic heterocycles. The number of benzene rings is 1. The average molecular weight is 234 g/mol. The van der Waals surface area contributed by atoms with E-state index >= 15 is 0 Å². The number of para-hydroxylation sites is 1. The number of rotatable bonds is 5. The Labute approximate surface area is 99.1 Å². The highest BCUT2D eigenvalue weighted by Gasteiger charge is 2.07. The standard InChI is InChI=1S/C11H14N4S/c1-2-3-9-16-11-12-13-14-15(11)10-7-5-4-6-8-10/h4-8H,2-3,9H2,1H3. The smallest absolute Gasteiger partial charge is 0.188 e. The van der Waals surface area contributed by atoms with Crippen LogP contribution in [0, 0.1) is 0 Å². The molecule has 0 saturated heterocycles. The fourth-order valence-electron chi connectivity index (χ4n) is 1.31. The summed E-state index contributed by atoms with van der Waals surface area (Å²) < 4.78 is 1.78. The zero-order valence-electron chi connectivity index (χ0n) is 9.21. The van der Waals surface area contributed by atoms with Crippen molar-refractivity contribution in [1.29, 1.82) is 0 Å². The fourth-order valence-corrected chi connectivity index (χ4v) is 2.28. The van der Waals surface area contributed by atoms with Gasteiger partial charge < -0.3 is 0 Å². The first kappa shape index (κ1) is 11.1. The van der Waals surface area contributed by atoms with Gasteiger partial charge in [-0.05, 0) is 29.0 Å². The minimum atomic E-state index is 0.861. The van der Waals surface area contributed by atoms with Gasteiger partial charge in [0.05, 0.1) is 5.69 Å². The van der Waals surface area contributed by atoms with Gasteiger partial charge >= 0.3 is 0 Å². The SMILES string of the molecule is CCCCSc1nnnn1-c1ccccc1. The van der Waals surface area contributed by atoms with Gasteiger partial charge in [0, 0.05) is 5.75 Å². The molecule has 0 fully saturated rings. The second-order valence-electron chi connectivity index (χ2n) is 3.41. The maximum atomic E-state index is 4.03. The first-order chi connectivity index (χ1) is 7.92. The Hall–Kier alpha value is -1.36. The number of hydrogen-bond donors (Lipinski definition) is 0. The molecular weight excluding hydrogens is 220 g/mol. The molecule has 2 rings (SSSR count). The molecule has 4 nitrogen and oxygen atoms in total. The molecule has 0 radical (unpaired) electrons. The lowest BCUT2D eigenvalue weighted by atomic mass is 10.3. The van der Waals surface area contributed by atoms with Crippen LogP contribution in [0.5, 0.6) is 0 Å². The van der Waals surface area contributed by atoms with Crippen molar-refractivity contribution in [2.45, 2.75) is 24.9 Å². The van der Waals surface area contributed by atoms with Crippen LogP contribution in [0.3, 0.4) is 0 Å². The highest BCUT2D eigenvalue weighted by Crippen LogP contribution is 2.18. The summed E-state index contributed by atoms with van der Waals surface area (Å²) in [6.07, 6.45) is 2.38. The molecule has 84 valence electrons. The van der Waals surface area contributed by atoms with E-state index in [0.717, 1.165) is 16.6 Å². The van der Waals surface area contributed by atoms with Crippen LogP contribution in [-0.4, -0.2) is 26.0 Å². The zero-order chi connectivity index (χ0) is 11.2. The average Bonchev–Trinajstić information content (AvgIpc) is 2.79. The van der Waals surface area contributed by atoms with Crippen molar-refractivity contribution in [1.82, 2.24) is 20.2 Å². The molecule has 0 aliphatic carbocycles. The summed E-state index contributed by atoms with van der Waals surface area (Å²) >= 11 is 1.70. The monoisotopic (exact) mass is 234 g/mol. The molecule has 0 N–H and O–H groups in total. The van der Waals surface area contributed by atoms with E-state index in [2.05, 4.69) is 22.4 Å². The van der Waals surface area contributed by atoms with E-state index in [1.54, 1.807) is 16.4 Å². The van der Waals surface area contributed by atoms with Crippen molar-refractivity contribution in [3.63, 3.8) is 0 Å². The van der Waals surface area contributed by atoms with E-state index in [0.29, 0.717) is 0 Å². The first-order valence-electron chi connectivity index (χ1n) is 5.38. The van der Waals surface area contributed by atoms with Crippen molar-refractivity contribution in [2.24, 2.45) is 0 Å². The third-order valence-electron chi connectivity index (χ3n) is 2.17. The predicted molar refractivity (Wildman–Crippen MR) is 64.8 cm³/mol. The Morgan fingerprint density at radius 1 is 1.25 bits per heavy atom. The van der Waals surface area contributed by atoms with Gasteiger partial charge in [-0.25, -0.2) is 0 Å². The van der Waals surface area contributed by atoms with Gasteiger partial charge in [0.2, 0.25) is 5.16 Å². The Bertz CT molecular complexity index is 427. The molecule has 0 amide bonds. The molecule has 0 atom stereocenters. The van der Waals surface area contributed by atoms with Crippen molar-refractivity contribution < 1.29 is 0 Å². The fraction of sp³-hybridized carbons (Fsp3) is 0.364. The van der Waals surface area contributed by atoms with E-state index in [4.69, 9.17) is 0 Å². The second kappa shape index (κ2) is 5.65. The van der Waals surface area contributed by atoms with E-state index in [1.807, 2.05) is 30.3 Å². The minimum Gasteiger partial charge on any atom is -0.188 e. The second-order valence-corrected chi connectivity index (χ2v) is 4.47. The van der Waals surface area contributed by atoms with Gasteiger partial charge in [-0.15, -0.1) is 5.10 Å². The molecule has 2 aromatic rings. The summed E-state index contributed by atoms with van der Waals surface area (Å²) in [7, 11) is 0. The molecule has 0 unspecified atom stereocenters. The number of tetrazole rings is 1. The lowest BCUT2D eigenvalue weighted by molar-refractivity contribution is 0.755. The zero-order valence-corrected chi connectivity index (χ0v) is 10.0. The van der Waals surface area contributed by atoms with Crippen LogP contribution < -0.4 is 0 Å². The van der Waals surface area contributed by atoms with Crippen LogP contribution in [0.4, 0.5) is 0 Å². The lowest BCUT2D eigenvalue weighted by Gasteiger charge is -2.02. The number of aromatic nitrogens is 4. The maximum absolute atomic E-state index is 4.03. The van der Waals surface area contributed by atoms with Crippen LogP contribution >= 0.6 is 11.8 Å². The molecule has 0 aliphatic rings. The molecule has 1 aromatic carbocycles. The highest BCUT2D eigenvalue weighted by atomic mass is 32.2. The van der Waals surface area contributed by atoms with E-state index in [-0.39, 0.29) is 0 Å². The van der Waals surface area contributed by atoms with Crippen LogP contribution in [0.15, 0.2) is 35.5 Å². The summed E-state index contributed by atoms with van der Waals surface area (Å²) in [5.74, 6) is 1.06. The highest BCUT2D eigenvalue weighted by molar-refractivity contribution is 7.99. The van der Waals surface area contributed by atoms with Gasteiger partial charge in [-0.2, -0.15) is 4.68 Å². The third kappa shape index (κ3) is 2.61. The third-order valence-corrected chi connectivity index (χ3v) is 3.18. The van der Waals surface area contributed by atoms with E-state index in [1.165, 1.54) is 12.8 Å². The van der Waals surface area contributed by atoms with Gasteiger partial charge in [0.25, 0.3) is 0 Å². The Balaban J connectivity index is 2.13. The largest absolute Gasteiger partial charge is 0.214 e. The molecular formula is C11H14N4S. The normalized spacial score (nSPS) is 10.6. The Morgan fingerprint density at radius 2 is 2.06 bits per heavy atom. The van der Waals surface area contributed by atoms with Gasteiger partial charge in [0.1, 0.15) is 0 Å². The summed E-state index contributed by atoms with van der Waals surface area (Å²) in [4.78, 5) is 0. The quantitative estimate of drug-likeness (QED) is 0.589. The molecule has 1 aromatic heterocycles. The number of nitrogens with zero attached hydrogens (tertiary/aromatic N) is 4. The van der Waals surface area contributed by atoms with Crippen LogP contribution in [0.25, 0.3) is 5.69 Å². The Morgan fingerprint density at radius 3 is 2.81 bits per heavy atom. The molecule has 5 heteroatoms. The predicted octanol–water partition coefficient (Wildman–Crippen LogP) is 2.55. The molecule has 0 spiro atoms.